The van der Waals surface area contributed by atoms with Gasteiger partial charge in [-0.15, -0.1) is 0 Å². The number of ketones is 4. The van der Waals surface area contributed by atoms with Crippen molar-refractivity contribution in [3.8, 4) is 29.1 Å². The number of fused-ring (bicyclic) bond motifs is 4. The van der Waals surface area contributed by atoms with Gasteiger partial charge in [0, 0.05) is 93.0 Å². The Hall–Kier alpha value is -13.5. The molecule has 0 radical (unpaired) electrons. The molecule has 8 aliphatic carbocycles. The number of carboxylic acid groups (broad SMARTS) is 1. The number of hydrogen-bond donors (Lipinski definition) is 14. The van der Waals surface area contributed by atoms with Crippen LogP contribution in [0.3, 0.4) is 0 Å². The fourth-order valence-corrected chi connectivity index (χ4v) is 22.1. The largest absolute Gasteiger partial charge is 0.496 e. The summed E-state index contributed by atoms with van der Waals surface area (Å²) in [6.45, 7) is 0. The van der Waals surface area contributed by atoms with Gasteiger partial charge in [-0.25, -0.2) is 14.4 Å². The normalized spacial score (nSPS) is 19.8. The molecule has 36 heteroatoms. The van der Waals surface area contributed by atoms with Gasteiger partial charge in [-0.05, 0) is 199 Å². The molecule has 0 unspecified atom stereocenters. The molecule has 12 atom stereocenters. The molecule has 4 aromatic heterocycles. The van der Waals surface area contributed by atoms with E-state index >= 15 is 0 Å². The molecule has 8 fully saturated rings. The number of ether oxygens (including phenoxy) is 6. The van der Waals surface area contributed by atoms with Gasteiger partial charge in [0.25, 0.3) is 17.7 Å². The molecule has 16 rings (SSSR count). The Morgan fingerprint density at radius 3 is 0.897 bits per heavy atom. The van der Waals surface area contributed by atoms with Crippen LogP contribution >= 0.6 is 0 Å². The summed E-state index contributed by atoms with van der Waals surface area (Å²) in [6, 6.07) is 24.4. The van der Waals surface area contributed by atoms with E-state index < -0.39 is 95.8 Å². The van der Waals surface area contributed by atoms with Crippen molar-refractivity contribution >= 4 is 132 Å². The highest BCUT2D eigenvalue weighted by molar-refractivity contribution is 6.05. The third-order valence-electron chi connectivity index (χ3n) is 30.3. The predicted molar refractivity (Wildman–Crippen MR) is 547 cm³/mol. The van der Waals surface area contributed by atoms with Gasteiger partial charge in [0.1, 0.15) is 111 Å². The van der Waals surface area contributed by atoms with Crippen LogP contribution in [0.4, 0.5) is 0 Å². The predicted octanol–water partition coefficient (Wildman–Crippen LogP) is 14.2. The van der Waals surface area contributed by atoms with Crippen LogP contribution in [0.2, 0.25) is 0 Å². The number of amides is 8. The number of carbonyl (C=O) groups is 15. The minimum atomic E-state index is -0.969. The molecule has 4 aromatic carbocycles. The van der Waals surface area contributed by atoms with Gasteiger partial charge in [-0.1, -0.05) is 153 Å². The highest BCUT2D eigenvalue weighted by Gasteiger charge is 2.40. The maximum absolute atomic E-state index is 13.5. The number of nitrogens with zero attached hydrogens (tertiary/aromatic N) is 1. The van der Waals surface area contributed by atoms with Gasteiger partial charge in [-0.2, -0.15) is 5.26 Å². The summed E-state index contributed by atoms with van der Waals surface area (Å²) < 4.78 is 31.0. The Balaban J connectivity index is 0.000000167. The molecular formula is C110H146N14O22. The molecule has 0 saturated heterocycles. The smallest absolute Gasteiger partial charge is 0.352 e. The van der Waals surface area contributed by atoms with Crippen molar-refractivity contribution in [1.29, 1.82) is 5.26 Å². The van der Waals surface area contributed by atoms with E-state index in [0.717, 1.165) is 172 Å². The number of primary amides is 1. The lowest BCUT2D eigenvalue weighted by Crippen LogP contribution is -2.54. The summed E-state index contributed by atoms with van der Waals surface area (Å²) in [5, 5.41) is 41.3. The van der Waals surface area contributed by atoms with Crippen LogP contribution in [0, 0.1) is 58.7 Å². The van der Waals surface area contributed by atoms with Gasteiger partial charge >= 0.3 is 17.9 Å². The first kappa shape index (κ1) is 111. The van der Waals surface area contributed by atoms with Crippen molar-refractivity contribution in [3.63, 3.8) is 0 Å². The number of carbonyl (C=O) groups excluding carboxylic acids is 14. The summed E-state index contributed by atoms with van der Waals surface area (Å²) in [7, 11) is 8.84. The number of aromatic nitrogens is 4. The zero-order valence-corrected chi connectivity index (χ0v) is 84.9. The standard InChI is InChI=1S/C28H37N3O6.C27H36N4O5.C27H34N4O4.C18H30N2O4.C10H9NO3/c1-36-25-13-7-11-20-19(25)16-22(29-20)27(34)30-21(14-17-8-4-3-5-9-17)26(33)31-23(28(35)37-2)15-18-10-6-12-24(18)32;1-36-24-12-6-10-19-18(24)15-22(29-19)27(35)31-21(13-16-7-3-2-4-8-16)26(34)30-20(25(28)33)14-17-9-5-11-23(17)32;1-35-25-12-6-10-21-20(25)15-23(30-21)27(34)31-22(13-17-7-3-2-4-8-17)26(33)29-19(16-28)14-18-9-5-11-24(18)32;1-24-18(23)15(11-13-8-5-9-16(13)21)20-17(22)14(19)10-12-6-3-2-4-7-12;1-14-9-4-2-3-7-6(9)5-8(11-7)10(12)13/h7,11,13,16-18,21,23,29H,3-6,8-10,12,14-15H2,1-2H3,(H,30,34)(H,31,33);6,10,12,15-17,20-21,29H,2-5,7-9,11,13-14H2,1H3,(H2,28,33)(H,30,34)(H,31,35);6,10,12,15,17-19,22,30H,2-5,7-9,11,13-14H2,1H3,(H,29,33)(H,31,34);12-15H,2-11,19H2,1H3,(H,20,22);2-5,11H,1H3,(H,12,13)/t18-,21-,23-;17-,20-,21-;18-,19-,22-;13-,14-,15-;/m0000./s1. The lowest BCUT2D eigenvalue weighted by molar-refractivity contribution is -0.146. The number of carboxylic acids is 1. The van der Waals surface area contributed by atoms with E-state index in [1.54, 1.807) is 58.8 Å². The summed E-state index contributed by atoms with van der Waals surface area (Å²) >= 11 is 0. The number of aromatic amines is 4. The fourth-order valence-electron chi connectivity index (χ4n) is 22.1. The summed E-state index contributed by atoms with van der Waals surface area (Å²) in [5.41, 5.74) is 15.8. The van der Waals surface area contributed by atoms with Gasteiger partial charge in [0.05, 0.1) is 54.8 Å². The number of Topliss-reactive ketones (excluding diaryl/α,β-unsaturated/α-hetero) is 4. The minimum Gasteiger partial charge on any atom is -0.496 e. The number of rotatable bonds is 38. The molecule has 8 amide bonds. The second-order valence-corrected chi connectivity index (χ2v) is 40.4. The Labute approximate surface area is 850 Å². The Bertz CT molecular complexity index is 5900. The van der Waals surface area contributed by atoms with Crippen LogP contribution in [0.25, 0.3) is 43.6 Å². The number of esters is 2. The monoisotopic (exact) mass is 2020 g/mol. The van der Waals surface area contributed by atoms with Gasteiger partial charge in [-0.3, -0.25) is 57.5 Å². The lowest BCUT2D eigenvalue weighted by Gasteiger charge is -2.28. The third-order valence-corrected chi connectivity index (χ3v) is 30.3. The molecule has 0 spiro atoms. The van der Waals surface area contributed by atoms with E-state index in [-0.39, 0.29) is 83.1 Å². The van der Waals surface area contributed by atoms with Crippen LogP contribution in [0.15, 0.2) is 97.1 Å². The average Bonchev–Trinajstić information content (AvgIpc) is 1.66. The molecule has 16 N–H and O–H groups in total. The number of nitrogens with two attached hydrogens (primary N) is 2. The molecule has 8 aromatic rings. The first-order chi connectivity index (χ1) is 70.4. The number of methoxy groups -OCH3 is 6. The van der Waals surface area contributed by atoms with E-state index in [9.17, 15) is 77.2 Å². The van der Waals surface area contributed by atoms with Crippen molar-refractivity contribution in [2.24, 2.45) is 58.8 Å². The highest BCUT2D eigenvalue weighted by atomic mass is 16.5. The fraction of sp³-hybridized carbons (Fsp3) is 0.564. The number of hydrogen-bond acceptors (Lipinski definition) is 23. The number of nitriles is 1. The van der Waals surface area contributed by atoms with Crippen molar-refractivity contribution in [2.75, 3.05) is 42.7 Å². The summed E-state index contributed by atoms with van der Waals surface area (Å²) in [4.78, 5) is 200. The zero-order chi connectivity index (χ0) is 104. The second-order valence-electron chi connectivity index (χ2n) is 40.4. The molecule has 788 valence electrons. The van der Waals surface area contributed by atoms with Crippen molar-refractivity contribution in [3.05, 3.63) is 120 Å². The molecule has 146 heavy (non-hydrogen) atoms. The Morgan fingerprint density at radius 1 is 0.342 bits per heavy atom. The van der Waals surface area contributed by atoms with E-state index in [1.165, 1.54) is 52.7 Å². The molecule has 0 aliphatic heterocycles. The third kappa shape index (κ3) is 31.3. The molecule has 4 heterocycles. The van der Waals surface area contributed by atoms with E-state index in [1.807, 2.05) is 66.7 Å². The van der Waals surface area contributed by atoms with Crippen molar-refractivity contribution in [1.82, 2.24) is 57.2 Å². The van der Waals surface area contributed by atoms with E-state index in [2.05, 4.69) is 63.2 Å². The van der Waals surface area contributed by atoms with Crippen LogP contribution in [-0.2, 0) is 62.2 Å². The Kier molecular flexibility index (Phi) is 42.1. The number of benzene rings is 4. The topological polar surface area (TPSA) is 555 Å². The van der Waals surface area contributed by atoms with Gasteiger partial charge in [0.2, 0.25) is 29.5 Å². The average molecular weight is 2020 g/mol. The van der Waals surface area contributed by atoms with Crippen LogP contribution in [0.5, 0.6) is 23.0 Å². The minimum absolute atomic E-state index is 0.108. The molecule has 36 nitrogen and oxygen atoms in total. The quantitative estimate of drug-likeness (QED) is 0.0160. The van der Waals surface area contributed by atoms with Crippen LogP contribution in [0.1, 0.15) is 299 Å². The summed E-state index contributed by atoms with van der Waals surface area (Å²) in [5.74, 6) is -1.73. The van der Waals surface area contributed by atoms with E-state index in [0.29, 0.717) is 141 Å². The molecule has 8 saturated carbocycles. The SMILES string of the molecule is COC(=O)[C@H](C[C@@H]1CCCC1=O)NC(=O)[C@@H](N)CC1CCCCC1.COC(=O)[C@H](C[C@@H]1CCCC1=O)NC(=O)[C@H](CC1CCCCC1)NC(=O)c1cc2c(OC)cccc2[nH]1.COc1cccc2[nH]c(C(=O)N[C@@H](CC3CCCCC3)C(=O)N[C@@H](C[C@@H]3CCCC3=O)C(N)=O)cc12.COc1cccc2[nH]c(C(=O)N[C@@H](CC3CCCCC3)C(=O)N[C@H](C#N)C[C@@H]3CCCC3=O)cc12.COc1cccc2[nH]c(C(=O)O)cc12. The van der Waals surface area contributed by atoms with E-state index in [4.69, 9.17) is 45.0 Å². The van der Waals surface area contributed by atoms with Gasteiger partial charge < -0.3 is 102 Å². The maximum Gasteiger partial charge on any atom is 0.352 e. The molecule has 8 aliphatic rings. The highest BCUT2D eigenvalue weighted by Crippen LogP contribution is 2.38. The number of nitrogens with one attached hydrogen (secondary N) is 11. The summed E-state index contributed by atoms with van der Waals surface area (Å²) in [6.07, 6.45) is 33.7. The zero-order valence-electron chi connectivity index (χ0n) is 84.9. The first-order valence-corrected chi connectivity index (χ1v) is 52.2. The first-order valence-electron chi connectivity index (χ1n) is 52.2. The number of aromatic carboxylic acids is 1. The number of H-pyrrole nitrogens is 4. The van der Waals surface area contributed by atoms with Crippen molar-refractivity contribution in [2.45, 2.75) is 305 Å². The maximum atomic E-state index is 13.5. The Morgan fingerprint density at radius 2 is 0.616 bits per heavy atom. The van der Waals surface area contributed by atoms with Gasteiger partial charge in [0.15, 0.2) is 0 Å². The lowest BCUT2D eigenvalue weighted by atomic mass is 9.84. The molecular weight excluding hydrogens is 1870 g/mol. The second kappa shape index (κ2) is 55.2. The van der Waals surface area contributed by atoms with Crippen LogP contribution in [-0.4, -0.2) is 204 Å². The van der Waals surface area contributed by atoms with Crippen LogP contribution < -0.4 is 67.6 Å². The molecule has 0 bridgehead atoms. The van der Waals surface area contributed by atoms with Crippen molar-refractivity contribution < 1.29 is 105 Å².